The number of carbonyl (C=O) groups is 1. The van der Waals surface area contributed by atoms with Crippen LogP contribution in [0.15, 0.2) is 65.8 Å². The quantitative estimate of drug-likeness (QED) is 0.617. The van der Waals surface area contributed by atoms with E-state index >= 15 is 0 Å². The Labute approximate surface area is 157 Å². The van der Waals surface area contributed by atoms with Crippen molar-refractivity contribution >= 4 is 29.0 Å². The number of carbonyl (C=O) groups excluding carboxylic acids is 1. The van der Waals surface area contributed by atoms with Gasteiger partial charge in [-0.25, -0.2) is 0 Å². The molecule has 0 atom stereocenters. The van der Waals surface area contributed by atoms with Crippen LogP contribution >= 0.6 is 11.8 Å². The molecular formula is C20H20N4OS. The van der Waals surface area contributed by atoms with Crippen molar-refractivity contribution in [3.8, 4) is 0 Å². The number of hydrogen-bond donors (Lipinski definition) is 0. The molecule has 0 radical (unpaired) electrons. The van der Waals surface area contributed by atoms with Crippen molar-refractivity contribution in [2.24, 2.45) is 7.05 Å². The first-order valence-electron chi connectivity index (χ1n) is 8.69. The zero-order chi connectivity index (χ0) is 17.9. The molecule has 1 heterocycles. The summed E-state index contributed by atoms with van der Waals surface area (Å²) in [5.74, 6) is 1.90. The maximum absolute atomic E-state index is 13.0. The molecule has 1 fully saturated rings. The highest BCUT2D eigenvalue weighted by Crippen LogP contribution is 2.39. The van der Waals surface area contributed by atoms with Crippen LogP contribution in [0.25, 0.3) is 0 Å². The zero-order valence-electron chi connectivity index (χ0n) is 14.6. The minimum Gasteiger partial charge on any atom is -0.309 e. The van der Waals surface area contributed by atoms with E-state index in [0.717, 1.165) is 22.4 Å². The van der Waals surface area contributed by atoms with Gasteiger partial charge in [-0.3, -0.25) is 9.69 Å². The average molecular weight is 364 g/mol. The van der Waals surface area contributed by atoms with Gasteiger partial charge in [0.05, 0.1) is 5.75 Å². The molecule has 2 aromatic carbocycles. The topological polar surface area (TPSA) is 51.0 Å². The van der Waals surface area contributed by atoms with Gasteiger partial charge in [0.25, 0.3) is 0 Å². The van der Waals surface area contributed by atoms with Gasteiger partial charge in [0.2, 0.25) is 5.91 Å². The lowest BCUT2D eigenvalue weighted by atomic mass is 10.2. The van der Waals surface area contributed by atoms with Crippen molar-refractivity contribution in [1.29, 1.82) is 0 Å². The van der Waals surface area contributed by atoms with E-state index in [4.69, 9.17) is 0 Å². The molecule has 0 spiro atoms. The number of rotatable bonds is 6. The Kier molecular flexibility index (Phi) is 4.75. The molecule has 6 heteroatoms. The zero-order valence-corrected chi connectivity index (χ0v) is 15.4. The van der Waals surface area contributed by atoms with Crippen LogP contribution in [0.3, 0.4) is 0 Å². The molecule has 1 saturated carbocycles. The molecule has 1 aromatic heterocycles. The summed E-state index contributed by atoms with van der Waals surface area (Å²) in [6, 6.07) is 19.5. The molecule has 0 aliphatic heterocycles. The van der Waals surface area contributed by atoms with Crippen molar-refractivity contribution in [1.82, 2.24) is 14.8 Å². The van der Waals surface area contributed by atoms with E-state index in [1.54, 1.807) is 4.90 Å². The van der Waals surface area contributed by atoms with Crippen LogP contribution in [0, 0.1) is 0 Å². The summed E-state index contributed by atoms with van der Waals surface area (Å²) in [4.78, 5) is 14.8. The number of hydrogen-bond acceptors (Lipinski definition) is 4. The fraction of sp³-hybridized carbons (Fsp3) is 0.250. The van der Waals surface area contributed by atoms with Gasteiger partial charge in [-0.1, -0.05) is 48.2 Å². The number of benzene rings is 2. The van der Waals surface area contributed by atoms with E-state index < -0.39 is 0 Å². The molecule has 1 aliphatic rings. The number of para-hydroxylation sites is 2. The summed E-state index contributed by atoms with van der Waals surface area (Å²) < 4.78 is 2.02. The highest BCUT2D eigenvalue weighted by atomic mass is 32.2. The lowest BCUT2D eigenvalue weighted by Crippen LogP contribution is -2.27. The molecule has 0 N–H and O–H groups in total. The first-order valence-corrected chi connectivity index (χ1v) is 9.68. The standard InChI is InChI=1S/C20H20N4OS/c1-23-19(15-12-13-15)21-22-20(23)26-14-18(25)24(16-8-4-2-5-9-16)17-10-6-3-7-11-17/h2-11,15H,12-14H2,1H3. The fourth-order valence-corrected chi connectivity index (χ4v) is 3.70. The second-order valence-corrected chi connectivity index (χ2v) is 7.31. The molecule has 132 valence electrons. The van der Waals surface area contributed by atoms with Gasteiger partial charge in [-0.05, 0) is 37.1 Å². The summed E-state index contributed by atoms with van der Waals surface area (Å²) >= 11 is 1.44. The Hall–Kier alpha value is -2.60. The lowest BCUT2D eigenvalue weighted by molar-refractivity contribution is -0.115. The third-order valence-corrected chi connectivity index (χ3v) is 5.42. The molecule has 0 saturated heterocycles. The van der Waals surface area contributed by atoms with Crippen molar-refractivity contribution in [3.63, 3.8) is 0 Å². The molecule has 0 unspecified atom stereocenters. The van der Waals surface area contributed by atoms with E-state index in [0.29, 0.717) is 11.7 Å². The van der Waals surface area contributed by atoms with E-state index in [1.807, 2.05) is 72.3 Å². The lowest BCUT2D eigenvalue weighted by Gasteiger charge is -2.22. The molecule has 26 heavy (non-hydrogen) atoms. The van der Waals surface area contributed by atoms with Crippen LogP contribution in [0.2, 0.25) is 0 Å². The summed E-state index contributed by atoms with van der Waals surface area (Å²) in [7, 11) is 1.98. The van der Waals surface area contributed by atoms with Crippen LogP contribution in [0.5, 0.6) is 0 Å². The van der Waals surface area contributed by atoms with Gasteiger partial charge in [0.15, 0.2) is 5.16 Å². The molecular weight excluding hydrogens is 344 g/mol. The highest BCUT2D eigenvalue weighted by Gasteiger charge is 2.29. The van der Waals surface area contributed by atoms with E-state index in [1.165, 1.54) is 24.6 Å². The molecule has 1 aliphatic carbocycles. The van der Waals surface area contributed by atoms with Gasteiger partial charge < -0.3 is 4.57 Å². The maximum atomic E-state index is 13.0. The van der Waals surface area contributed by atoms with Gasteiger partial charge >= 0.3 is 0 Å². The Bertz CT molecular complexity index is 851. The average Bonchev–Trinajstić information content (AvgIpc) is 3.45. The normalized spacial score (nSPS) is 13.6. The fourth-order valence-electron chi connectivity index (χ4n) is 2.93. The number of nitrogens with zero attached hydrogens (tertiary/aromatic N) is 4. The molecule has 3 aromatic rings. The first kappa shape index (κ1) is 16.8. The Balaban J connectivity index is 1.53. The predicted octanol–water partition coefficient (Wildman–Crippen LogP) is 4.15. The van der Waals surface area contributed by atoms with Crippen LogP contribution in [0.4, 0.5) is 11.4 Å². The Morgan fingerprint density at radius 2 is 1.62 bits per heavy atom. The minimum atomic E-state index is 0.0170. The Morgan fingerprint density at radius 3 is 2.15 bits per heavy atom. The van der Waals surface area contributed by atoms with Gasteiger partial charge in [-0.15, -0.1) is 10.2 Å². The first-order chi connectivity index (χ1) is 12.7. The maximum Gasteiger partial charge on any atom is 0.242 e. The number of anilines is 2. The summed E-state index contributed by atoms with van der Waals surface area (Å²) in [6.45, 7) is 0. The van der Waals surface area contributed by atoms with Crippen LogP contribution in [0.1, 0.15) is 24.6 Å². The van der Waals surface area contributed by atoms with Crippen molar-refractivity contribution in [2.75, 3.05) is 10.7 Å². The van der Waals surface area contributed by atoms with Crippen molar-refractivity contribution in [3.05, 3.63) is 66.5 Å². The van der Waals surface area contributed by atoms with Gasteiger partial charge in [-0.2, -0.15) is 0 Å². The number of amides is 1. The van der Waals surface area contributed by atoms with Crippen molar-refractivity contribution < 1.29 is 4.79 Å². The largest absolute Gasteiger partial charge is 0.309 e. The monoisotopic (exact) mass is 364 g/mol. The highest BCUT2D eigenvalue weighted by molar-refractivity contribution is 7.99. The van der Waals surface area contributed by atoms with E-state index in [2.05, 4.69) is 10.2 Å². The number of aromatic nitrogens is 3. The van der Waals surface area contributed by atoms with Crippen molar-refractivity contribution in [2.45, 2.75) is 23.9 Å². The smallest absolute Gasteiger partial charge is 0.242 e. The van der Waals surface area contributed by atoms with E-state index in [-0.39, 0.29) is 5.91 Å². The van der Waals surface area contributed by atoms with E-state index in [9.17, 15) is 4.79 Å². The third-order valence-electron chi connectivity index (χ3n) is 4.41. The summed E-state index contributed by atoms with van der Waals surface area (Å²) in [5.41, 5.74) is 1.72. The predicted molar refractivity (Wildman–Crippen MR) is 104 cm³/mol. The Morgan fingerprint density at radius 1 is 1.04 bits per heavy atom. The van der Waals surface area contributed by atoms with Crippen LogP contribution in [-0.2, 0) is 11.8 Å². The summed E-state index contributed by atoms with van der Waals surface area (Å²) in [5, 5.41) is 9.34. The van der Waals surface area contributed by atoms with Crippen LogP contribution in [-0.4, -0.2) is 26.4 Å². The third kappa shape index (κ3) is 3.51. The molecule has 4 rings (SSSR count). The molecule has 0 bridgehead atoms. The number of thioether (sulfide) groups is 1. The second kappa shape index (κ2) is 7.33. The molecule has 5 nitrogen and oxygen atoms in total. The SMILES string of the molecule is Cn1c(SCC(=O)N(c2ccccc2)c2ccccc2)nnc1C1CC1. The molecule has 1 amide bonds. The second-order valence-electron chi connectivity index (χ2n) is 6.36. The van der Waals surface area contributed by atoms with Gasteiger partial charge in [0, 0.05) is 24.3 Å². The van der Waals surface area contributed by atoms with Gasteiger partial charge in [0.1, 0.15) is 5.82 Å². The summed E-state index contributed by atoms with van der Waals surface area (Å²) in [6.07, 6.45) is 2.37. The van der Waals surface area contributed by atoms with Crippen LogP contribution < -0.4 is 4.90 Å². The minimum absolute atomic E-state index is 0.0170.